The molecule has 0 fully saturated rings. The minimum absolute atomic E-state index is 0.341. The third kappa shape index (κ3) is 3.08. The topological polar surface area (TPSA) is 0 Å². The number of hydrogen-bond acceptors (Lipinski definition) is 0. The van der Waals surface area contributed by atoms with Gasteiger partial charge in [0.25, 0.3) is 0 Å². The van der Waals surface area contributed by atoms with Gasteiger partial charge in [-0.15, -0.1) is 11.6 Å². The predicted octanol–water partition coefficient (Wildman–Crippen LogP) is 5.69. The van der Waals surface area contributed by atoms with E-state index in [1.165, 1.54) is 0 Å². The fourth-order valence-corrected chi connectivity index (χ4v) is 2.55. The first-order valence-corrected chi connectivity index (χ1v) is 6.77. The molecule has 0 amide bonds. The molecule has 2 aromatic carbocycles. The minimum atomic E-state index is 0.341. The molecule has 0 atom stereocenters. The van der Waals surface area contributed by atoms with Gasteiger partial charge >= 0.3 is 0 Å². The number of halogens is 3. The van der Waals surface area contributed by atoms with Crippen LogP contribution in [0.5, 0.6) is 0 Å². The molecule has 92 valence electrons. The Labute approximate surface area is 122 Å². The summed E-state index contributed by atoms with van der Waals surface area (Å²) in [6, 6.07) is 17.3. The molecule has 0 N–H and O–H groups in total. The van der Waals surface area contributed by atoms with Gasteiger partial charge in [0.05, 0.1) is 5.03 Å². The van der Waals surface area contributed by atoms with Crippen LogP contribution in [0.15, 0.2) is 54.6 Å². The van der Waals surface area contributed by atoms with Crippen molar-refractivity contribution in [1.29, 1.82) is 0 Å². The second-order valence-electron chi connectivity index (χ2n) is 3.80. The lowest BCUT2D eigenvalue weighted by molar-refractivity contribution is 1.56. The van der Waals surface area contributed by atoms with Crippen LogP contribution >= 0.6 is 34.8 Å². The Morgan fingerprint density at radius 3 is 2.17 bits per heavy atom. The lowest BCUT2D eigenvalue weighted by Crippen LogP contribution is -1.90. The van der Waals surface area contributed by atoms with Gasteiger partial charge in [-0.2, -0.15) is 0 Å². The van der Waals surface area contributed by atoms with Crippen LogP contribution in [-0.2, 0) is 0 Å². The molecule has 0 aliphatic rings. The number of allylic oxidation sites excluding steroid dienone is 1. The summed E-state index contributed by atoms with van der Waals surface area (Å²) < 4.78 is 0. The average Bonchev–Trinajstić information content (AvgIpc) is 2.40. The molecule has 0 nitrogen and oxygen atoms in total. The van der Waals surface area contributed by atoms with Gasteiger partial charge in [-0.05, 0) is 28.8 Å². The number of benzene rings is 2. The van der Waals surface area contributed by atoms with E-state index >= 15 is 0 Å². The van der Waals surface area contributed by atoms with E-state index in [1.807, 2.05) is 54.6 Å². The molecule has 0 aliphatic carbocycles. The molecule has 0 aliphatic heterocycles. The highest BCUT2D eigenvalue weighted by Crippen LogP contribution is 2.31. The smallest absolute Gasteiger partial charge is 0.0528 e. The first-order valence-electron chi connectivity index (χ1n) is 5.48. The Hall–Kier alpha value is -0.950. The molecule has 2 aromatic rings. The SMILES string of the molecule is ClCC(=C(Cl)c1ccccc1)c1cccc(Cl)c1. The summed E-state index contributed by atoms with van der Waals surface area (Å²) in [5.74, 6) is 0.341. The highest BCUT2D eigenvalue weighted by Gasteiger charge is 2.09. The lowest BCUT2D eigenvalue weighted by atomic mass is 10.0. The maximum Gasteiger partial charge on any atom is 0.0528 e. The summed E-state index contributed by atoms with van der Waals surface area (Å²) in [4.78, 5) is 0. The van der Waals surface area contributed by atoms with Gasteiger partial charge in [-0.25, -0.2) is 0 Å². The van der Waals surface area contributed by atoms with E-state index in [0.717, 1.165) is 16.7 Å². The summed E-state index contributed by atoms with van der Waals surface area (Å²) in [6.07, 6.45) is 0. The van der Waals surface area contributed by atoms with E-state index in [-0.39, 0.29) is 0 Å². The molecule has 0 spiro atoms. The van der Waals surface area contributed by atoms with Gasteiger partial charge in [-0.1, -0.05) is 65.7 Å². The first kappa shape index (κ1) is 13.5. The van der Waals surface area contributed by atoms with E-state index in [2.05, 4.69) is 0 Å². The van der Waals surface area contributed by atoms with Crippen molar-refractivity contribution in [3.05, 3.63) is 70.7 Å². The molecule has 0 unspecified atom stereocenters. The van der Waals surface area contributed by atoms with E-state index in [0.29, 0.717) is 15.9 Å². The fourth-order valence-electron chi connectivity index (χ4n) is 1.70. The summed E-state index contributed by atoms with van der Waals surface area (Å²) in [5.41, 5.74) is 2.79. The Morgan fingerprint density at radius 1 is 0.889 bits per heavy atom. The van der Waals surface area contributed by atoms with Gasteiger partial charge in [0, 0.05) is 10.9 Å². The van der Waals surface area contributed by atoms with Gasteiger partial charge in [-0.3, -0.25) is 0 Å². The molecule has 0 heterocycles. The molecule has 0 aromatic heterocycles. The molecular weight excluding hydrogens is 287 g/mol. The van der Waals surface area contributed by atoms with Crippen molar-refractivity contribution < 1.29 is 0 Å². The quantitative estimate of drug-likeness (QED) is 0.504. The van der Waals surface area contributed by atoms with Crippen LogP contribution in [0.2, 0.25) is 5.02 Å². The minimum Gasteiger partial charge on any atom is -0.121 e. The van der Waals surface area contributed by atoms with Crippen LogP contribution in [0, 0.1) is 0 Å². The molecule has 0 bridgehead atoms. The monoisotopic (exact) mass is 296 g/mol. The average molecular weight is 298 g/mol. The Balaban J connectivity index is 2.51. The highest BCUT2D eigenvalue weighted by atomic mass is 35.5. The lowest BCUT2D eigenvalue weighted by Gasteiger charge is -2.09. The van der Waals surface area contributed by atoms with Crippen LogP contribution in [0.3, 0.4) is 0 Å². The zero-order valence-corrected chi connectivity index (χ0v) is 11.8. The zero-order chi connectivity index (χ0) is 13.0. The Morgan fingerprint density at radius 2 is 1.56 bits per heavy atom. The van der Waals surface area contributed by atoms with Gasteiger partial charge in [0.2, 0.25) is 0 Å². The molecule has 0 saturated carbocycles. The Bertz CT molecular complexity index is 559. The van der Waals surface area contributed by atoms with E-state index < -0.39 is 0 Å². The fraction of sp³-hybridized carbons (Fsp3) is 0.0667. The number of rotatable bonds is 3. The van der Waals surface area contributed by atoms with E-state index in [4.69, 9.17) is 34.8 Å². The molecule has 18 heavy (non-hydrogen) atoms. The van der Waals surface area contributed by atoms with Crippen molar-refractivity contribution in [2.45, 2.75) is 0 Å². The third-order valence-corrected chi connectivity index (χ3v) is 3.55. The zero-order valence-electron chi connectivity index (χ0n) is 9.54. The van der Waals surface area contributed by atoms with E-state index in [9.17, 15) is 0 Å². The molecule has 0 saturated heterocycles. The van der Waals surface area contributed by atoms with Crippen molar-refractivity contribution in [1.82, 2.24) is 0 Å². The number of alkyl halides is 1. The van der Waals surface area contributed by atoms with E-state index in [1.54, 1.807) is 0 Å². The molecular formula is C15H11Cl3. The molecule has 2 rings (SSSR count). The van der Waals surface area contributed by atoms with Crippen LogP contribution in [0.1, 0.15) is 11.1 Å². The van der Waals surface area contributed by atoms with Crippen molar-refractivity contribution in [3.8, 4) is 0 Å². The highest BCUT2D eigenvalue weighted by molar-refractivity contribution is 6.53. The molecule has 0 radical (unpaired) electrons. The summed E-state index contributed by atoms with van der Waals surface area (Å²) in [6.45, 7) is 0. The van der Waals surface area contributed by atoms with Gasteiger partial charge in [0.1, 0.15) is 0 Å². The van der Waals surface area contributed by atoms with Crippen LogP contribution < -0.4 is 0 Å². The normalized spacial score (nSPS) is 12.2. The molecule has 3 heteroatoms. The summed E-state index contributed by atoms with van der Waals surface area (Å²) >= 11 is 18.4. The summed E-state index contributed by atoms with van der Waals surface area (Å²) in [5, 5.41) is 1.33. The van der Waals surface area contributed by atoms with Crippen molar-refractivity contribution in [2.75, 3.05) is 5.88 Å². The number of hydrogen-bond donors (Lipinski definition) is 0. The largest absolute Gasteiger partial charge is 0.121 e. The van der Waals surface area contributed by atoms with Gasteiger partial charge in [0.15, 0.2) is 0 Å². The van der Waals surface area contributed by atoms with Crippen molar-refractivity contribution in [2.24, 2.45) is 0 Å². The maximum atomic E-state index is 6.41. The van der Waals surface area contributed by atoms with Crippen molar-refractivity contribution in [3.63, 3.8) is 0 Å². The second-order valence-corrected chi connectivity index (χ2v) is 4.88. The standard InChI is InChI=1S/C15H11Cl3/c16-10-14(12-7-4-8-13(17)9-12)15(18)11-5-2-1-3-6-11/h1-9H,10H2. The third-order valence-electron chi connectivity index (χ3n) is 2.60. The Kier molecular flexibility index (Phi) is 4.71. The van der Waals surface area contributed by atoms with Gasteiger partial charge < -0.3 is 0 Å². The van der Waals surface area contributed by atoms with Crippen LogP contribution in [0.4, 0.5) is 0 Å². The maximum absolute atomic E-state index is 6.41. The second kappa shape index (κ2) is 6.29. The predicted molar refractivity (Wildman–Crippen MR) is 81.3 cm³/mol. The first-order chi connectivity index (χ1) is 8.72. The van der Waals surface area contributed by atoms with Crippen LogP contribution in [0.25, 0.3) is 10.6 Å². The van der Waals surface area contributed by atoms with Crippen molar-refractivity contribution >= 4 is 45.4 Å². The van der Waals surface area contributed by atoms with Crippen LogP contribution in [-0.4, -0.2) is 5.88 Å². The summed E-state index contributed by atoms with van der Waals surface area (Å²) in [7, 11) is 0.